The lowest BCUT2D eigenvalue weighted by molar-refractivity contribution is 0.0475. The van der Waals surface area contributed by atoms with Crippen LogP contribution in [0.3, 0.4) is 0 Å². The minimum absolute atomic E-state index is 0.106. The van der Waals surface area contributed by atoms with Gasteiger partial charge in [0, 0.05) is 22.3 Å². The van der Waals surface area contributed by atoms with E-state index in [0.29, 0.717) is 23.4 Å². The molecule has 2 aromatic rings. The predicted octanol–water partition coefficient (Wildman–Crippen LogP) is 3.78. The summed E-state index contributed by atoms with van der Waals surface area (Å²) in [5.74, 6) is -1.03. The van der Waals surface area contributed by atoms with Gasteiger partial charge in [0.15, 0.2) is 0 Å². The highest BCUT2D eigenvalue weighted by atomic mass is 79.9. The van der Waals surface area contributed by atoms with Gasteiger partial charge in [-0.2, -0.15) is 0 Å². The van der Waals surface area contributed by atoms with Gasteiger partial charge in [0.05, 0.1) is 23.8 Å². The summed E-state index contributed by atoms with van der Waals surface area (Å²) in [6, 6.07) is 10.2. The van der Waals surface area contributed by atoms with Crippen LogP contribution in [0.4, 0.5) is 5.69 Å². The number of rotatable bonds is 4. The van der Waals surface area contributed by atoms with Gasteiger partial charge in [-0.15, -0.1) is 0 Å². The van der Waals surface area contributed by atoms with E-state index in [0.717, 1.165) is 22.9 Å². The Kier molecular flexibility index (Phi) is 5.03. The fourth-order valence-corrected chi connectivity index (χ4v) is 4.03. The second kappa shape index (κ2) is 7.48. The molecule has 2 aliphatic rings. The second-order valence-electron chi connectivity index (χ2n) is 7.03. The van der Waals surface area contributed by atoms with E-state index < -0.39 is 0 Å². The van der Waals surface area contributed by atoms with Crippen molar-refractivity contribution in [2.45, 2.75) is 25.9 Å². The fourth-order valence-electron chi connectivity index (χ4n) is 3.55. The summed E-state index contributed by atoms with van der Waals surface area (Å²) in [5, 5.41) is 2.85. The molecular weight excluding hydrogens is 424 g/mol. The van der Waals surface area contributed by atoms with Crippen molar-refractivity contribution in [1.82, 2.24) is 4.90 Å². The van der Waals surface area contributed by atoms with Crippen molar-refractivity contribution in [3.63, 3.8) is 0 Å². The van der Waals surface area contributed by atoms with Crippen molar-refractivity contribution in [2.24, 2.45) is 0 Å². The van der Waals surface area contributed by atoms with E-state index in [4.69, 9.17) is 4.74 Å². The van der Waals surface area contributed by atoms with Gasteiger partial charge >= 0.3 is 0 Å². The maximum Gasteiger partial charge on any atom is 0.261 e. The number of hydrogen-bond acceptors (Lipinski definition) is 4. The number of anilines is 1. The molecule has 2 aliphatic heterocycles. The van der Waals surface area contributed by atoms with E-state index in [1.165, 1.54) is 11.0 Å². The number of ether oxygens (including phenoxy) is 1. The Morgan fingerprint density at radius 1 is 1.18 bits per heavy atom. The van der Waals surface area contributed by atoms with Gasteiger partial charge in [0.1, 0.15) is 0 Å². The quantitative estimate of drug-likeness (QED) is 0.730. The standard InChI is InChI=1S/C21H19BrN2O4/c1-12-9-14(22)5-7-18(12)23-19(25)13-4-6-16-17(10-13)21(27)24(20(16)26)11-15-3-2-8-28-15/h4-7,9-10,15H,2-3,8,11H2,1H3,(H,23,25)/t15-/m0/s1. The van der Waals surface area contributed by atoms with Crippen LogP contribution in [0.5, 0.6) is 0 Å². The first-order valence-electron chi connectivity index (χ1n) is 9.13. The molecule has 6 nitrogen and oxygen atoms in total. The zero-order valence-corrected chi connectivity index (χ0v) is 16.9. The summed E-state index contributed by atoms with van der Waals surface area (Å²) in [5.41, 5.74) is 2.54. The summed E-state index contributed by atoms with van der Waals surface area (Å²) >= 11 is 3.39. The molecule has 2 aromatic carbocycles. The van der Waals surface area contributed by atoms with Crippen LogP contribution >= 0.6 is 15.9 Å². The molecule has 0 unspecified atom stereocenters. The van der Waals surface area contributed by atoms with Crippen molar-refractivity contribution in [1.29, 1.82) is 0 Å². The largest absolute Gasteiger partial charge is 0.376 e. The number of carbonyl (C=O) groups excluding carboxylic acids is 3. The Labute approximate surface area is 171 Å². The number of aryl methyl sites for hydroxylation is 1. The van der Waals surface area contributed by atoms with Crippen molar-refractivity contribution in [3.8, 4) is 0 Å². The maximum atomic E-state index is 12.7. The van der Waals surface area contributed by atoms with E-state index in [1.807, 2.05) is 25.1 Å². The number of hydrogen-bond donors (Lipinski definition) is 1. The van der Waals surface area contributed by atoms with E-state index in [2.05, 4.69) is 21.2 Å². The Morgan fingerprint density at radius 2 is 1.96 bits per heavy atom. The Bertz CT molecular complexity index is 982. The molecule has 3 amide bonds. The molecule has 0 spiro atoms. The summed E-state index contributed by atoms with van der Waals surface area (Å²) in [6.45, 7) is 2.81. The van der Waals surface area contributed by atoms with Crippen LogP contribution in [0, 0.1) is 6.92 Å². The summed E-state index contributed by atoms with van der Waals surface area (Å²) in [6.07, 6.45) is 1.67. The Morgan fingerprint density at radius 3 is 2.68 bits per heavy atom. The molecule has 0 bridgehead atoms. The monoisotopic (exact) mass is 442 g/mol. The molecular formula is C21H19BrN2O4. The van der Waals surface area contributed by atoms with E-state index >= 15 is 0 Å². The van der Waals surface area contributed by atoms with Crippen LogP contribution in [-0.2, 0) is 4.74 Å². The SMILES string of the molecule is Cc1cc(Br)ccc1NC(=O)c1ccc2c(c1)C(=O)N(C[C@@H]1CCCO1)C2=O. The third-order valence-electron chi connectivity index (χ3n) is 5.08. The Hall–Kier alpha value is -2.51. The highest BCUT2D eigenvalue weighted by Gasteiger charge is 2.37. The molecule has 4 rings (SSSR count). The van der Waals surface area contributed by atoms with Crippen LogP contribution in [-0.4, -0.2) is 41.9 Å². The number of nitrogens with zero attached hydrogens (tertiary/aromatic N) is 1. The van der Waals surface area contributed by atoms with Crippen LogP contribution in [0.25, 0.3) is 0 Å². The Balaban J connectivity index is 1.54. The van der Waals surface area contributed by atoms with Gasteiger partial charge in [-0.3, -0.25) is 19.3 Å². The lowest BCUT2D eigenvalue weighted by Crippen LogP contribution is -2.36. The third kappa shape index (κ3) is 3.47. The normalized spacial score (nSPS) is 18.5. The number of carbonyl (C=O) groups is 3. The first-order valence-corrected chi connectivity index (χ1v) is 9.92. The first-order chi connectivity index (χ1) is 13.4. The topological polar surface area (TPSA) is 75.7 Å². The van der Waals surface area contributed by atoms with E-state index in [-0.39, 0.29) is 35.9 Å². The molecule has 1 atom stereocenters. The van der Waals surface area contributed by atoms with Crippen molar-refractivity contribution in [2.75, 3.05) is 18.5 Å². The van der Waals surface area contributed by atoms with Crippen molar-refractivity contribution < 1.29 is 19.1 Å². The number of nitrogens with one attached hydrogen (secondary N) is 1. The number of fused-ring (bicyclic) bond motifs is 1. The molecule has 7 heteroatoms. The highest BCUT2D eigenvalue weighted by Crippen LogP contribution is 2.27. The molecule has 144 valence electrons. The maximum absolute atomic E-state index is 12.7. The number of halogens is 1. The van der Waals surface area contributed by atoms with Gasteiger partial charge in [0.2, 0.25) is 0 Å². The highest BCUT2D eigenvalue weighted by molar-refractivity contribution is 9.10. The average Bonchev–Trinajstić information content (AvgIpc) is 3.27. The molecule has 1 fully saturated rings. The average molecular weight is 443 g/mol. The van der Waals surface area contributed by atoms with Crippen LogP contribution in [0.1, 0.15) is 49.5 Å². The second-order valence-corrected chi connectivity index (χ2v) is 7.95. The van der Waals surface area contributed by atoms with Gasteiger partial charge < -0.3 is 10.1 Å². The molecule has 2 heterocycles. The summed E-state index contributed by atoms with van der Waals surface area (Å²) in [4.78, 5) is 39.2. The lowest BCUT2D eigenvalue weighted by atomic mass is 10.0. The fraction of sp³-hybridized carbons (Fsp3) is 0.286. The van der Waals surface area contributed by atoms with Crippen molar-refractivity contribution in [3.05, 3.63) is 63.1 Å². The third-order valence-corrected chi connectivity index (χ3v) is 5.57. The number of amides is 3. The smallest absolute Gasteiger partial charge is 0.261 e. The molecule has 0 radical (unpaired) electrons. The van der Waals surface area contributed by atoms with E-state index in [9.17, 15) is 14.4 Å². The minimum atomic E-state index is -0.370. The first kappa shape index (κ1) is 18.8. The molecule has 0 aromatic heterocycles. The van der Waals surface area contributed by atoms with Gasteiger partial charge in [0.25, 0.3) is 17.7 Å². The summed E-state index contributed by atoms with van der Waals surface area (Å²) in [7, 11) is 0. The predicted molar refractivity (Wildman–Crippen MR) is 108 cm³/mol. The van der Waals surface area contributed by atoms with Gasteiger partial charge in [-0.25, -0.2) is 0 Å². The zero-order valence-electron chi connectivity index (χ0n) is 15.3. The zero-order chi connectivity index (χ0) is 19.8. The molecule has 28 heavy (non-hydrogen) atoms. The lowest BCUT2D eigenvalue weighted by Gasteiger charge is -2.17. The minimum Gasteiger partial charge on any atom is -0.376 e. The molecule has 1 saturated heterocycles. The van der Waals surface area contributed by atoms with Gasteiger partial charge in [-0.1, -0.05) is 15.9 Å². The number of benzene rings is 2. The van der Waals surface area contributed by atoms with Gasteiger partial charge in [-0.05, 0) is 61.7 Å². The van der Waals surface area contributed by atoms with Crippen LogP contribution < -0.4 is 5.32 Å². The van der Waals surface area contributed by atoms with Crippen LogP contribution in [0.2, 0.25) is 0 Å². The van der Waals surface area contributed by atoms with Crippen LogP contribution in [0.15, 0.2) is 40.9 Å². The molecule has 1 N–H and O–H groups in total. The van der Waals surface area contributed by atoms with Crippen molar-refractivity contribution >= 4 is 39.3 Å². The number of imide groups is 1. The molecule has 0 saturated carbocycles. The van der Waals surface area contributed by atoms with E-state index in [1.54, 1.807) is 12.1 Å². The summed E-state index contributed by atoms with van der Waals surface area (Å²) < 4.78 is 6.47. The molecule has 0 aliphatic carbocycles.